The van der Waals surface area contributed by atoms with Gasteiger partial charge in [-0.2, -0.15) is 0 Å². The van der Waals surface area contributed by atoms with Crippen molar-refractivity contribution in [3.63, 3.8) is 0 Å². The number of rotatable bonds is 7. The summed E-state index contributed by atoms with van der Waals surface area (Å²) in [7, 11) is 1.68. The van der Waals surface area contributed by atoms with E-state index in [1.807, 2.05) is 50.4 Å². The van der Waals surface area contributed by atoms with Gasteiger partial charge in [-0.15, -0.1) is 11.8 Å². The number of ketones is 1. The van der Waals surface area contributed by atoms with Crippen LogP contribution in [0.1, 0.15) is 38.8 Å². The number of carbonyl (C=O) groups is 1. The van der Waals surface area contributed by atoms with Crippen LogP contribution >= 0.6 is 11.8 Å². The Morgan fingerprint density at radius 3 is 2.11 bits per heavy atom. The number of hydrogen-bond acceptors (Lipinski definition) is 4. The molecule has 2 aromatic carbocycles. The molecule has 0 amide bonds. The van der Waals surface area contributed by atoms with Gasteiger partial charge in [0.25, 0.3) is 0 Å². The molecular weight excluding hydrogens is 366 g/mol. The Bertz CT molecular complexity index is 778. The van der Waals surface area contributed by atoms with Crippen molar-refractivity contribution >= 4 is 29.3 Å². The van der Waals surface area contributed by atoms with Gasteiger partial charge in [0.05, 0.1) is 6.10 Å². The number of thioether (sulfide) groups is 1. The lowest BCUT2D eigenvalue weighted by Gasteiger charge is -2.15. The van der Waals surface area contributed by atoms with Crippen LogP contribution in [0.2, 0.25) is 0 Å². The highest BCUT2D eigenvalue weighted by molar-refractivity contribution is 7.98. The monoisotopic (exact) mass is 397 g/mol. The summed E-state index contributed by atoms with van der Waals surface area (Å²) in [6, 6.07) is 18.5. The summed E-state index contributed by atoms with van der Waals surface area (Å²) in [6.45, 7) is 7.48. The largest absolute Gasteiger partial charge is 0.487 e. The van der Waals surface area contributed by atoms with Gasteiger partial charge < -0.3 is 4.74 Å². The number of benzene rings is 2. The zero-order valence-corrected chi connectivity index (χ0v) is 18.5. The summed E-state index contributed by atoms with van der Waals surface area (Å²) in [5.74, 6) is 0.269. The molecule has 0 aliphatic carbocycles. The summed E-state index contributed by atoms with van der Waals surface area (Å²) in [5.41, 5.74) is 3.06. The lowest BCUT2D eigenvalue weighted by molar-refractivity contribution is -0.117. The van der Waals surface area contributed by atoms with Crippen LogP contribution in [0.4, 0.5) is 0 Å². The molecule has 28 heavy (non-hydrogen) atoms. The van der Waals surface area contributed by atoms with Crippen LogP contribution in [0, 0.1) is 0 Å². The average Bonchev–Trinajstić information content (AvgIpc) is 2.71. The molecule has 0 aromatic heterocycles. The van der Waals surface area contributed by atoms with E-state index >= 15 is 0 Å². The maximum absolute atomic E-state index is 11.8. The van der Waals surface area contributed by atoms with Crippen molar-refractivity contribution in [2.24, 2.45) is 4.99 Å². The Labute approximate surface area is 173 Å². The Hall–Kier alpha value is -2.33. The van der Waals surface area contributed by atoms with Crippen LogP contribution in [0.15, 0.2) is 70.2 Å². The fraction of sp³-hybridized carbons (Fsp3) is 0.333. The highest BCUT2D eigenvalue weighted by Crippen LogP contribution is 2.23. The molecule has 0 N–H and O–H groups in total. The van der Waals surface area contributed by atoms with Crippen molar-refractivity contribution in [2.75, 3.05) is 13.3 Å². The molecule has 2 aromatic rings. The van der Waals surface area contributed by atoms with Crippen LogP contribution in [0.25, 0.3) is 5.57 Å². The van der Waals surface area contributed by atoms with Gasteiger partial charge in [-0.1, -0.05) is 49.4 Å². The number of nitrogens with zero attached hydrogens (tertiary/aromatic N) is 1. The molecule has 2 rings (SSSR count). The molecule has 0 saturated heterocycles. The molecule has 0 atom stereocenters. The van der Waals surface area contributed by atoms with E-state index in [1.54, 1.807) is 25.0 Å². The molecule has 3 nitrogen and oxygen atoms in total. The van der Waals surface area contributed by atoms with E-state index in [0.717, 1.165) is 17.6 Å². The van der Waals surface area contributed by atoms with E-state index in [0.29, 0.717) is 5.76 Å². The summed E-state index contributed by atoms with van der Waals surface area (Å²) >= 11 is 1.68. The molecular formula is C24H31NO2S. The zero-order chi connectivity index (χ0) is 20.9. The van der Waals surface area contributed by atoms with E-state index in [9.17, 15) is 4.79 Å². The van der Waals surface area contributed by atoms with Crippen molar-refractivity contribution in [2.45, 2.75) is 45.1 Å². The van der Waals surface area contributed by atoms with Crippen molar-refractivity contribution in [1.82, 2.24) is 0 Å². The van der Waals surface area contributed by atoms with Crippen LogP contribution in [-0.2, 0) is 16.0 Å². The Kier molecular flexibility index (Phi) is 11.0. The predicted octanol–water partition coefficient (Wildman–Crippen LogP) is 6.08. The van der Waals surface area contributed by atoms with Crippen molar-refractivity contribution in [3.8, 4) is 0 Å². The minimum absolute atomic E-state index is 0.0559. The Morgan fingerprint density at radius 2 is 1.71 bits per heavy atom. The maximum Gasteiger partial charge on any atom is 0.195 e. The first-order chi connectivity index (χ1) is 13.4. The van der Waals surface area contributed by atoms with Crippen LogP contribution in [0.3, 0.4) is 0 Å². The number of allylic oxidation sites excluding steroid dienone is 2. The van der Waals surface area contributed by atoms with Gasteiger partial charge in [0.1, 0.15) is 0 Å². The molecule has 150 valence electrons. The summed E-state index contributed by atoms with van der Waals surface area (Å²) in [5, 5.41) is 0. The number of hydrogen-bond donors (Lipinski definition) is 0. The second-order valence-corrected chi connectivity index (χ2v) is 7.30. The third-order valence-corrected chi connectivity index (χ3v) is 4.57. The third-order valence-electron chi connectivity index (χ3n) is 3.83. The summed E-state index contributed by atoms with van der Waals surface area (Å²) < 4.78 is 5.67. The first-order valence-corrected chi connectivity index (χ1v) is 10.7. The fourth-order valence-corrected chi connectivity index (χ4v) is 2.86. The first-order valence-electron chi connectivity index (χ1n) is 9.45. The Balaban J connectivity index is 0.000000406. The number of carbonyl (C=O) groups excluding carboxylic acids is 1. The zero-order valence-electron chi connectivity index (χ0n) is 17.7. The van der Waals surface area contributed by atoms with Crippen LogP contribution < -0.4 is 0 Å². The third kappa shape index (κ3) is 8.13. The molecule has 0 aliphatic heterocycles. The minimum atomic E-state index is -0.0949. The molecule has 0 bridgehead atoms. The topological polar surface area (TPSA) is 38.7 Å². The molecule has 0 heterocycles. The lowest BCUT2D eigenvalue weighted by atomic mass is 10.0. The highest BCUT2D eigenvalue weighted by atomic mass is 32.2. The molecule has 0 spiro atoms. The normalized spacial score (nSPS) is 11.7. The van der Waals surface area contributed by atoms with E-state index in [4.69, 9.17) is 4.74 Å². The van der Waals surface area contributed by atoms with Gasteiger partial charge >= 0.3 is 0 Å². The average molecular weight is 398 g/mol. The van der Waals surface area contributed by atoms with Gasteiger partial charge in [-0.3, -0.25) is 9.79 Å². The van der Waals surface area contributed by atoms with Gasteiger partial charge in [-0.05, 0) is 49.8 Å². The number of aliphatic imine (C=N–C) groups is 1. The number of Topliss-reactive ketones (excluding diaryl/α,β-unsaturated/α-hetero) is 1. The van der Waals surface area contributed by atoms with Gasteiger partial charge in [0.2, 0.25) is 0 Å². The summed E-state index contributed by atoms with van der Waals surface area (Å²) in [6.07, 6.45) is 4.79. The van der Waals surface area contributed by atoms with E-state index in [2.05, 4.69) is 36.2 Å². The quantitative estimate of drug-likeness (QED) is 0.246. The first kappa shape index (κ1) is 23.7. The van der Waals surface area contributed by atoms with Crippen LogP contribution in [-0.4, -0.2) is 31.4 Å². The van der Waals surface area contributed by atoms with Crippen molar-refractivity contribution in [3.05, 3.63) is 71.5 Å². The summed E-state index contributed by atoms with van der Waals surface area (Å²) in [4.78, 5) is 17.1. The standard InChI is InChI=1S/C16H21NO2S.C8H10/c1-11(2)19-16(12(3)18)15(10-17-4)13-6-8-14(20-5)9-7-13;1-2-8-6-4-3-5-7-8/h6-11H,1-5H3;3-7H,2H2,1H3/b16-15-,17-10?;. The molecule has 0 unspecified atom stereocenters. The van der Waals surface area contributed by atoms with E-state index < -0.39 is 0 Å². The van der Waals surface area contributed by atoms with Crippen LogP contribution in [0.5, 0.6) is 0 Å². The van der Waals surface area contributed by atoms with E-state index in [-0.39, 0.29) is 11.9 Å². The number of ether oxygens (including phenoxy) is 1. The second-order valence-electron chi connectivity index (χ2n) is 6.42. The van der Waals surface area contributed by atoms with E-state index in [1.165, 1.54) is 17.4 Å². The van der Waals surface area contributed by atoms with Crippen molar-refractivity contribution in [1.29, 1.82) is 0 Å². The molecule has 0 saturated carbocycles. The molecule has 0 fully saturated rings. The second kappa shape index (κ2) is 12.9. The van der Waals surface area contributed by atoms with Gasteiger partial charge in [0, 0.05) is 30.7 Å². The van der Waals surface area contributed by atoms with Gasteiger partial charge in [-0.25, -0.2) is 0 Å². The predicted molar refractivity (Wildman–Crippen MR) is 122 cm³/mol. The molecule has 0 radical (unpaired) electrons. The highest BCUT2D eigenvalue weighted by Gasteiger charge is 2.15. The minimum Gasteiger partial charge on any atom is -0.487 e. The smallest absolute Gasteiger partial charge is 0.195 e. The molecule has 4 heteroatoms. The lowest BCUT2D eigenvalue weighted by Crippen LogP contribution is -2.11. The Morgan fingerprint density at radius 1 is 1.11 bits per heavy atom. The maximum atomic E-state index is 11.8. The van der Waals surface area contributed by atoms with Crippen molar-refractivity contribution < 1.29 is 9.53 Å². The number of aryl methyl sites for hydroxylation is 1. The fourth-order valence-electron chi connectivity index (χ4n) is 2.45. The SMILES string of the molecule is CCc1ccccc1.CN=C/C(=C(/OC(C)C)C(C)=O)c1ccc(SC)cc1. The molecule has 0 aliphatic rings. The van der Waals surface area contributed by atoms with Gasteiger partial charge in [0.15, 0.2) is 11.5 Å².